The van der Waals surface area contributed by atoms with E-state index in [1.807, 2.05) is 0 Å². The van der Waals surface area contributed by atoms with Crippen molar-refractivity contribution in [1.29, 1.82) is 0 Å². The second kappa shape index (κ2) is 9.93. The molecule has 3 rings (SSSR count). The van der Waals surface area contributed by atoms with Gasteiger partial charge in [-0.1, -0.05) is 44.5 Å². The minimum absolute atomic E-state index is 0.147. The molecule has 2 aromatic rings. The first-order valence-electron chi connectivity index (χ1n) is 10.3. The molecule has 1 saturated carbocycles. The average molecular weight is 452 g/mol. The first-order valence-corrected chi connectivity index (χ1v) is 12.7. The molecule has 0 spiro atoms. The lowest BCUT2D eigenvalue weighted by atomic mass is 10.1. The number of carbonyl (C=O) groups is 1. The van der Waals surface area contributed by atoms with Crippen LogP contribution in [0.3, 0.4) is 0 Å². The zero-order valence-electron chi connectivity index (χ0n) is 17.6. The molecule has 0 unspecified atom stereocenters. The number of thioether (sulfide) groups is 1. The van der Waals surface area contributed by atoms with Gasteiger partial charge < -0.3 is 5.32 Å². The highest BCUT2D eigenvalue weighted by molar-refractivity contribution is 7.99. The molecule has 8 nitrogen and oxygen atoms in total. The largest absolute Gasteiger partial charge is 0.325 e. The number of aromatic amines is 1. The fraction of sp³-hybridized carbons (Fsp3) is 0.550. The molecule has 1 aliphatic rings. The van der Waals surface area contributed by atoms with E-state index in [2.05, 4.69) is 20.5 Å². The monoisotopic (exact) mass is 451 g/mol. The summed E-state index contributed by atoms with van der Waals surface area (Å²) in [5.74, 6) is 1.26. The highest BCUT2D eigenvalue weighted by Crippen LogP contribution is 2.32. The Morgan fingerprint density at radius 2 is 1.97 bits per heavy atom. The maximum Gasteiger partial charge on any atom is 0.243 e. The van der Waals surface area contributed by atoms with Crippen LogP contribution < -0.4 is 5.32 Å². The van der Waals surface area contributed by atoms with Gasteiger partial charge in [-0.3, -0.25) is 9.89 Å². The number of hydrogen-bond donors (Lipinski definition) is 2. The SMILES string of the molecule is CCN(CC)S(=O)(=O)c1cc(NC(=O)CSc2n[nH]c(C3CCCC3)n2)ccc1C. The number of nitrogens with zero attached hydrogens (tertiary/aromatic N) is 3. The van der Waals surface area contributed by atoms with Crippen molar-refractivity contribution < 1.29 is 13.2 Å². The Kier molecular flexibility index (Phi) is 7.54. The standard InChI is InChI=1S/C20H29N5O3S2/c1-4-25(5-2)30(27,28)17-12-16(11-10-14(17)3)21-18(26)13-29-20-22-19(23-24-20)15-8-6-7-9-15/h10-12,15H,4-9,13H2,1-3H3,(H,21,26)(H,22,23,24). The molecule has 1 aromatic heterocycles. The maximum atomic E-state index is 12.9. The molecule has 0 saturated heterocycles. The zero-order valence-corrected chi connectivity index (χ0v) is 19.3. The molecule has 1 aliphatic carbocycles. The van der Waals surface area contributed by atoms with Crippen LogP contribution in [0, 0.1) is 6.92 Å². The van der Waals surface area contributed by atoms with Gasteiger partial charge >= 0.3 is 0 Å². The van der Waals surface area contributed by atoms with E-state index >= 15 is 0 Å². The van der Waals surface area contributed by atoms with Crippen molar-refractivity contribution in [3.63, 3.8) is 0 Å². The van der Waals surface area contributed by atoms with Crippen LogP contribution in [-0.2, 0) is 14.8 Å². The maximum absolute atomic E-state index is 12.9. The summed E-state index contributed by atoms with van der Waals surface area (Å²) in [4.78, 5) is 17.1. The molecule has 0 atom stereocenters. The second-order valence-corrected chi connectivity index (χ2v) is 10.2. The molecule has 164 valence electrons. The van der Waals surface area contributed by atoms with Gasteiger partial charge in [0.05, 0.1) is 10.6 Å². The summed E-state index contributed by atoms with van der Waals surface area (Å²) in [6.07, 6.45) is 4.70. The number of H-pyrrole nitrogens is 1. The van der Waals surface area contributed by atoms with Gasteiger partial charge in [0.2, 0.25) is 21.1 Å². The van der Waals surface area contributed by atoms with Crippen molar-refractivity contribution in [3.05, 3.63) is 29.6 Å². The van der Waals surface area contributed by atoms with E-state index in [1.54, 1.807) is 32.9 Å². The van der Waals surface area contributed by atoms with Crippen molar-refractivity contribution in [1.82, 2.24) is 19.5 Å². The van der Waals surface area contributed by atoms with Gasteiger partial charge in [0.25, 0.3) is 0 Å². The van der Waals surface area contributed by atoms with E-state index in [9.17, 15) is 13.2 Å². The number of aromatic nitrogens is 3. The van der Waals surface area contributed by atoms with Gasteiger partial charge in [-0.25, -0.2) is 13.4 Å². The van der Waals surface area contributed by atoms with Crippen molar-refractivity contribution in [2.75, 3.05) is 24.2 Å². The van der Waals surface area contributed by atoms with Gasteiger partial charge in [0.1, 0.15) is 5.82 Å². The summed E-state index contributed by atoms with van der Waals surface area (Å²) in [6, 6.07) is 4.95. The molecule has 1 heterocycles. The van der Waals surface area contributed by atoms with Crippen molar-refractivity contribution in [2.45, 2.75) is 62.4 Å². The Hall–Kier alpha value is -1.91. The normalized spacial score (nSPS) is 15.1. The molecule has 10 heteroatoms. The molecule has 2 N–H and O–H groups in total. The number of anilines is 1. The van der Waals surface area contributed by atoms with Crippen LogP contribution >= 0.6 is 11.8 Å². The molecule has 30 heavy (non-hydrogen) atoms. The molecular formula is C20H29N5O3S2. The fourth-order valence-corrected chi connectivity index (χ4v) is 6.00. The number of nitrogens with one attached hydrogen (secondary N) is 2. The van der Waals surface area contributed by atoms with E-state index in [4.69, 9.17) is 0 Å². The molecule has 1 fully saturated rings. The van der Waals surface area contributed by atoms with Crippen LogP contribution in [0.1, 0.15) is 56.8 Å². The fourth-order valence-electron chi connectivity index (χ4n) is 3.69. The van der Waals surface area contributed by atoms with Gasteiger partial charge in [-0.2, -0.15) is 4.31 Å². The second-order valence-electron chi connectivity index (χ2n) is 7.39. The number of amides is 1. The summed E-state index contributed by atoms with van der Waals surface area (Å²) in [6.45, 7) is 6.15. The number of carbonyl (C=O) groups excluding carboxylic acids is 1. The third-order valence-electron chi connectivity index (χ3n) is 5.35. The lowest BCUT2D eigenvalue weighted by Crippen LogP contribution is -2.31. The van der Waals surface area contributed by atoms with Crippen LogP contribution in [-0.4, -0.2) is 52.7 Å². The first kappa shape index (κ1) is 22.8. The summed E-state index contributed by atoms with van der Waals surface area (Å²) in [7, 11) is -3.60. The Labute approximate surface area is 182 Å². The van der Waals surface area contributed by atoms with Crippen molar-refractivity contribution in [2.24, 2.45) is 0 Å². The van der Waals surface area contributed by atoms with Crippen LogP contribution in [0.25, 0.3) is 0 Å². The molecule has 1 aromatic carbocycles. The zero-order chi connectivity index (χ0) is 21.7. The van der Waals surface area contributed by atoms with Gasteiger partial charge in [-0.05, 0) is 37.5 Å². The number of sulfonamides is 1. The van der Waals surface area contributed by atoms with E-state index < -0.39 is 10.0 Å². The van der Waals surface area contributed by atoms with E-state index in [0.29, 0.717) is 35.4 Å². The summed E-state index contributed by atoms with van der Waals surface area (Å²) >= 11 is 1.26. The summed E-state index contributed by atoms with van der Waals surface area (Å²) in [5.41, 5.74) is 1.10. The molecule has 1 amide bonds. The van der Waals surface area contributed by atoms with Crippen molar-refractivity contribution >= 4 is 33.4 Å². The van der Waals surface area contributed by atoms with E-state index in [-0.39, 0.29) is 16.6 Å². The van der Waals surface area contributed by atoms with Gasteiger partial charge in [-0.15, -0.1) is 5.10 Å². The number of rotatable bonds is 9. The van der Waals surface area contributed by atoms with E-state index in [1.165, 1.54) is 35.0 Å². The molecule has 0 aliphatic heterocycles. The number of aryl methyl sites for hydroxylation is 1. The molecule has 0 bridgehead atoms. The Balaban J connectivity index is 1.63. The average Bonchev–Trinajstić information content (AvgIpc) is 3.40. The topological polar surface area (TPSA) is 108 Å². The predicted octanol–water partition coefficient (Wildman–Crippen LogP) is 3.53. The van der Waals surface area contributed by atoms with Crippen LogP contribution in [0.4, 0.5) is 5.69 Å². The lowest BCUT2D eigenvalue weighted by Gasteiger charge is -2.20. The van der Waals surface area contributed by atoms with E-state index in [0.717, 1.165) is 18.7 Å². The van der Waals surface area contributed by atoms with Crippen LogP contribution in [0.15, 0.2) is 28.3 Å². The number of hydrogen-bond acceptors (Lipinski definition) is 6. The predicted molar refractivity (Wildman–Crippen MR) is 118 cm³/mol. The quantitative estimate of drug-likeness (QED) is 0.565. The summed E-state index contributed by atoms with van der Waals surface area (Å²) < 4.78 is 27.1. The van der Waals surface area contributed by atoms with Crippen LogP contribution in [0.2, 0.25) is 0 Å². The van der Waals surface area contributed by atoms with Crippen molar-refractivity contribution in [3.8, 4) is 0 Å². The molecule has 0 radical (unpaired) electrons. The number of benzene rings is 1. The summed E-state index contributed by atoms with van der Waals surface area (Å²) in [5, 5.41) is 10.5. The Morgan fingerprint density at radius 1 is 1.27 bits per heavy atom. The Morgan fingerprint density at radius 3 is 2.63 bits per heavy atom. The van der Waals surface area contributed by atoms with Gasteiger partial charge in [0.15, 0.2) is 0 Å². The highest BCUT2D eigenvalue weighted by Gasteiger charge is 2.24. The lowest BCUT2D eigenvalue weighted by molar-refractivity contribution is -0.113. The third kappa shape index (κ3) is 5.22. The third-order valence-corrected chi connectivity index (χ3v) is 8.39. The molecular weight excluding hydrogens is 422 g/mol. The smallest absolute Gasteiger partial charge is 0.243 e. The first-order chi connectivity index (χ1) is 14.3. The minimum Gasteiger partial charge on any atom is -0.325 e. The highest BCUT2D eigenvalue weighted by atomic mass is 32.2. The van der Waals surface area contributed by atoms with Crippen LogP contribution in [0.5, 0.6) is 0 Å². The minimum atomic E-state index is -3.60. The van der Waals surface area contributed by atoms with Gasteiger partial charge in [0, 0.05) is 24.7 Å². The Bertz CT molecular complexity index is 980.